The normalized spacial score (nSPS) is 17.1. The first-order valence-corrected chi connectivity index (χ1v) is 13.7. The standard InChI is InChI=1S/C27H37ClINO4/c1-27(2,21-9-12-26(25(29)15-21)34-18-22(31)16-28)20-7-10-24(11-8-20)33-19-23(32)17-30-13-5-3-4-6-14-30/h7-12,15,22-23,31-32H,3-6,13-14,16-19H2,1-2H3. The van der Waals surface area contributed by atoms with Crippen LogP contribution in [-0.4, -0.2) is 66.0 Å². The van der Waals surface area contributed by atoms with Crippen molar-refractivity contribution in [2.45, 2.75) is 57.2 Å². The van der Waals surface area contributed by atoms with Gasteiger partial charge in [0.05, 0.1) is 9.45 Å². The van der Waals surface area contributed by atoms with Gasteiger partial charge in [-0.1, -0.05) is 44.9 Å². The lowest BCUT2D eigenvalue weighted by Crippen LogP contribution is -2.36. The summed E-state index contributed by atoms with van der Waals surface area (Å²) in [5.74, 6) is 1.66. The van der Waals surface area contributed by atoms with Gasteiger partial charge in [-0.2, -0.15) is 0 Å². The van der Waals surface area contributed by atoms with E-state index >= 15 is 0 Å². The van der Waals surface area contributed by atoms with Crippen molar-refractivity contribution < 1.29 is 19.7 Å². The Morgan fingerprint density at radius 3 is 2.15 bits per heavy atom. The molecule has 1 heterocycles. The minimum absolute atomic E-state index is 0.152. The topological polar surface area (TPSA) is 62.2 Å². The molecular formula is C27H37ClINO4. The molecule has 0 aliphatic carbocycles. The minimum Gasteiger partial charge on any atom is -0.491 e. The Bertz CT molecular complexity index is 885. The van der Waals surface area contributed by atoms with Crippen molar-refractivity contribution in [1.82, 2.24) is 4.90 Å². The Morgan fingerprint density at radius 1 is 0.912 bits per heavy atom. The highest BCUT2D eigenvalue weighted by molar-refractivity contribution is 14.1. The molecule has 5 nitrogen and oxygen atoms in total. The van der Waals surface area contributed by atoms with Crippen molar-refractivity contribution in [2.24, 2.45) is 0 Å². The molecule has 2 aromatic carbocycles. The summed E-state index contributed by atoms with van der Waals surface area (Å²) in [5.41, 5.74) is 2.13. The summed E-state index contributed by atoms with van der Waals surface area (Å²) in [4.78, 5) is 2.35. The van der Waals surface area contributed by atoms with Crippen LogP contribution in [0, 0.1) is 3.57 Å². The molecule has 0 aromatic heterocycles. The van der Waals surface area contributed by atoms with E-state index in [1.165, 1.54) is 36.8 Å². The van der Waals surface area contributed by atoms with E-state index in [1.807, 2.05) is 18.2 Å². The molecule has 2 unspecified atom stereocenters. The molecule has 188 valence electrons. The van der Waals surface area contributed by atoms with Crippen LogP contribution in [0.15, 0.2) is 42.5 Å². The molecule has 34 heavy (non-hydrogen) atoms. The first kappa shape index (κ1) is 27.5. The number of likely N-dealkylation sites (tertiary alicyclic amines) is 1. The van der Waals surface area contributed by atoms with E-state index in [2.05, 4.69) is 65.6 Å². The first-order valence-electron chi connectivity index (χ1n) is 12.1. The molecule has 7 heteroatoms. The van der Waals surface area contributed by atoms with Gasteiger partial charge < -0.3 is 24.6 Å². The lowest BCUT2D eigenvalue weighted by Gasteiger charge is -2.27. The number of aliphatic hydroxyl groups is 2. The molecule has 0 radical (unpaired) electrons. The van der Waals surface area contributed by atoms with Gasteiger partial charge in [-0.15, -0.1) is 11.6 Å². The monoisotopic (exact) mass is 601 g/mol. The molecule has 1 fully saturated rings. The van der Waals surface area contributed by atoms with Gasteiger partial charge in [0.2, 0.25) is 0 Å². The van der Waals surface area contributed by atoms with Crippen molar-refractivity contribution in [3.8, 4) is 11.5 Å². The van der Waals surface area contributed by atoms with Crippen LogP contribution >= 0.6 is 34.2 Å². The van der Waals surface area contributed by atoms with Gasteiger partial charge in [-0.3, -0.25) is 0 Å². The number of benzene rings is 2. The molecule has 1 aliphatic heterocycles. The molecule has 1 aliphatic rings. The second-order valence-electron chi connectivity index (χ2n) is 9.59. The van der Waals surface area contributed by atoms with Crippen molar-refractivity contribution >= 4 is 34.2 Å². The highest BCUT2D eigenvalue weighted by atomic mass is 127. The van der Waals surface area contributed by atoms with Crippen molar-refractivity contribution in [3.63, 3.8) is 0 Å². The Kier molecular flexibility index (Phi) is 10.8. The summed E-state index contributed by atoms with van der Waals surface area (Å²) in [7, 11) is 0. The Balaban J connectivity index is 1.56. The van der Waals surface area contributed by atoms with E-state index in [9.17, 15) is 10.2 Å². The van der Waals surface area contributed by atoms with Gasteiger partial charge in [0.1, 0.15) is 36.9 Å². The van der Waals surface area contributed by atoms with Crippen LogP contribution < -0.4 is 9.47 Å². The van der Waals surface area contributed by atoms with Crippen LogP contribution in [0.2, 0.25) is 0 Å². The molecule has 0 bridgehead atoms. The fraction of sp³-hybridized carbons (Fsp3) is 0.556. The molecule has 0 spiro atoms. The number of halogens is 2. The molecule has 2 atom stereocenters. The Hall–Kier alpha value is -1.06. The van der Waals surface area contributed by atoms with E-state index in [4.69, 9.17) is 21.1 Å². The number of hydrogen-bond donors (Lipinski definition) is 2. The number of nitrogens with zero attached hydrogens (tertiary/aromatic N) is 1. The van der Waals surface area contributed by atoms with Crippen molar-refractivity contribution in [3.05, 3.63) is 57.2 Å². The third kappa shape index (κ3) is 7.98. The summed E-state index contributed by atoms with van der Waals surface area (Å²) in [6, 6.07) is 14.3. The molecule has 0 amide bonds. The van der Waals surface area contributed by atoms with Gasteiger partial charge in [-0.05, 0) is 83.9 Å². The highest BCUT2D eigenvalue weighted by Gasteiger charge is 2.24. The maximum absolute atomic E-state index is 10.4. The Labute approximate surface area is 222 Å². The number of hydrogen-bond acceptors (Lipinski definition) is 5. The van der Waals surface area contributed by atoms with Crippen LogP contribution in [0.3, 0.4) is 0 Å². The number of rotatable bonds is 11. The molecule has 1 saturated heterocycles. The van der Waals surface area contributed by atoms with E-state index in [1.54, 1.807) is 0 Å². The van der Waals surface area contributed by atoms with E-state index < -0.39 is 12.2 Å². The summed E-state index contributed by atoms with van der Waals surface area (Å²) < 4.78 is 12.6. The lowest BCUT2D eigenvalue weighted by molar-refractivity contribution is 0.0693. The van der Waals surface area contributed by atoms with Gasteiger partial charge in [-0.25, -0.2) is 0 Å². The Morgan fingerprint density at radius 2 is 1.53 bits per heavy atom. The van der Waals surface area contributed by atoms with Crippen LogP contribution in [-0.2, 0) is 5.41 Å². The van der Waals surface area contributed by atoms with Gasteiger partial charge in [0.25, 0.3) is 0 Å². The average molecular weight is 602 g/mol. The van der Waals surface area contributed by atoms with Gasteiger partial charge in [0, 0.05) is 12.0 Å². The number of β-amino-alcohol motifs (C(OH)–C–C–N with tert-alkyl or cyclic N) is 1. The molecular weight excluding hydrogens is 565 g/mol. The zero-order chi connectivity index (χ0) is 24.6. The predicted molar refractivity (Wildman–Crippen MR) is 146 cm³/mol. The van der Waals surface area contributed by atoms with Crippen LogP contribution in [0.4, 0.5) is 0 Å². The maximum Gasteiger partial charge on any atom is 0.132 e. The number of alkyl halides is 1. The summed E-state index contributed by atoms with van der Waals surface area (Å²) in [5, 5.41) is 20.1. The third-order valence-corrected chi connectivity index (χ3v) is 7.65. The van der Waals surface area contributed by atoms with Crippen LogP contribution in [0.1, 0.15) is 50.7 Å². The third-order valence-electron chi connectivity index (χ3n) is 6.45. The van der Waals surface area contributed by atoms with Gasteiger partial charge >= 0.3 is 0 Å². The van der Waals surface area contributed by atoms with E-state index in [0.29, 0.717) is 13.2 Å². The van der Waals surface area contributed by atoms with E-state index in [0.717, 1.165) is 28.2 Å². The first-order chi connectivity index (χ1) is 16.3. The predicted octanol–water partition coefficient (Wildman–Crippen LogP) is 5.21. The zero-order valence-corrected chi connectivity index (χ0v) is 23.1. The van der Waals surface area contributed by atoms with Gasteiger partial charge in [0.15, 0.2) is 0 Å². The summed E-state index contributed by atoms with van der Waals surface area (Å²) in [6.45, 7) is 7.68. The largest absolute Gasteiger partial charge is 0.491 e. The smallest absolute Gasteiger partial charge is 0.132 e. The molecule has 2 N–H and O–H groups in total. The molecule has 2 aromatic rings. The summed E-state index contributed by atoms with van der Waals surface area (Å²) >= 11 is 7.91. The van der Waals surface area contributed by atoms with E-state index in [-0.39, 0.29) is 17.9 Å². The second kappa shape index (κ2) is 13.3. The zero-order valence-electron chi connectivity index (χ0n) is 20.2. The lowest BCUT2D eigenvalue weighted by atomic mass is 9.78. The summed E-state index contributed by atoms with van der Waals surface area (Å²) in [6.07, 6.45) is 3.86. The average Bonchev–Trinajstić information content (AvgIpc) is 3.10. The quantitative estimate of drug-likeness (QED) is 0.274. The van der Waals surface area contributed by atoms with Crippen LogP contribution in [0.25, 0.3) is 0 Å². The number of ether oxygens (including phenoxy) is 2. The molecule has 3 rings (SSSR count). The fourth-order valence-corrected chi connectivity index (χ4v) is 4.99. The molecule has 0 saturated carbocycles. The van der Waals surface area contributed by atoms with Crippen molar-refractivity contribution in [2.75, 3.05) is 38.7 Å². The van der Waals surface area contributed by atoms with Crippen molar-refractivity contribution in [1.29, 1.82) is 0 Å². The highest BCUT2D eigenvalue weighted by Crippen LogP contribution is 2.35. The number of aliphatic hydroxyl groups excluding tert-OH is 2. The minimum atomic E-state index is -0.676. The fourth-order valence-electron chi connectivity index (χ4n) is 4.23. The second-order valence-corrected chi connectivity index (χ2v) is 11.1. The van der Waals surface area contributed by atoms with Crippen LogP contribution in [0.5, 0.6) is 11.5 Å². The SMILES string of the molecule is CC(C)(c1ccc(OCC(O)CN2CCCCCC2)cc1)c1ccc(OCC(O)CCl)c(I)c1. The maximum atomic E-state index is 10.4.